The second-order valence-electron chi connectivity index (χ2n) is 7.88. The molecule has 1 aliphatic heterocycles. The van der Waals surface area contributed by atoms with E-state index in [1.807, 2.05) is 25.7 Å². The molecule has 1 aromatic carbocycles. The Hall–Kier alpha value is -2.25. The fraction of sp³-hybridized carbons (Fsp3) is 0.619. The van der Waals surface area contributed by atoms with Crippen molar-refractivity contribution in [1.82, 2.24) is 15.5 Å². The minimum Gasteiger partial charge on any atom is -0.356 e. The lowest BCUT2D eigenvalue weighted by Crippen LogP contribution is -2.45. The number of amides is 1. The summed E-state index contributed by atoms with van der Waals surface area (Å²) in [6.45, 7) is 7.68. The molecule has 1 heterocycles. The number of carbonyl (C=O) groups excluding carboxylic acids is 1. The molecule has 0 aliphatic carbocycles. The lowest BCUT2D eigenvalue weighted by Gasteiger charge is -2.21. The van der Waals surface area contributed by atoms with E-state index in [0.29, 0.717) is 31.0 Å². The predicted molar refractivity (Wildman–Crippen MR) is 109 cm³/mol. The molecule has 1 amide bonds. The van der Waals surface area contributed by atoms with E-state index in [2.05, 4.69) is 15.6 Å². The van der Waals surface area contributed by atoms with Crippen molar-refractivity contribution in [2.45, 2.75) is 51.7 Å². The van der Waals surface area contributed by atoms with Crippen LogP contribution in [0.5, 0.6) is 0 Å². The highest BCUT2D eigenvalue weighted by Crippen LogP contribution is 2.31. The Morgan fingerprint density at radius 1 is 1.31 bits per heavy atom. The Balaban J connectivity index is 1.81. The first-order valence-corrected chi connectivity index (χ1v) is 10.0. The van der Waals surface area contributed by atoms with Crippen LogP contribution < -0.4 is 10.6 Å². The highest BCUT2D eigenvalue weighted by Gasteiger charge is 2.31. The second-order valence-corrected chi connectivity index (χ2v) is 7.88. The molecular formula is C21H31F3N4O. The molecule has 0 saturated carbocycles. The Morgan fingerprint density at radius 3 is 2.66 bits per heavy atom. The van der Waals surface area contributed by atoms with Gasteiger partial charge in [0, 0.05) is 38.6 Å². The molecule has 0 radical (unpaired) electrons. The van der Waals surface area contributed by atoms with Crippen molar-refractivity contribution in [2.24, 2.45) is 10.9 Å². The molecule has 29 heavy (non-hydrogen) atoms. The predicted octanol–water partition coefficient (Wildman–Crippen LogP) is 3.62. The molecule has 162 valence electrons. The zero-order valence-electron chi connectivity index (χ0n) is 17.5. The van der Waals surface area contributed by atoms with Gasteiger partial charge < -0.3 is 15.5 Å². The number of aliphatic imine (C=N–C) groups is 1. The number of carbonyl (C=O) groups is 1. The number of nitrogens with one attached hydrogen (secondary N) is 2. The summed E-state index contributed by atoms with van der Waals surface area (Å²) >= 11 is 0. The van der Waals surface area contributed by atoms with Crippen LogP contribution in [0.4, 0.5) is 13.2 Å². The van der Waals surface area contributed by atoms with Gasteiger partial charge in [0.05, 0.1) is 5.56 Å². The van der Waals surface area contributed by atoms with Gasteiger partial charge in [-0.15, -0.1) is 0 Å². The van der Waals surface area contributed by atoms with E-state index in [1.165, 1.54) is 12.1 Å². The van der Waals surface area contributed by atoms with Crippen LogP contribution >= 0.6 is 0 Å². The molecule has 1 aromatic rings. The van der Waals surface area contributed by atoms with Crippen molar-refractivity contribution in [2.75, 3.05) is 26.7 Å². The minimum absolute atomic E-state index is 0.0106. The first kappa shape index (κ1) is 23.0. The van der Waals surface area contributed by atoms with Crippen LogP contribution in [-0.2, 0) is 11.0 Å². The number of hydrogen-bond acceptors (Lipinski definition) is 2. The first-order chi connectivity index (χ1) is 13.6. The number of guanidine groups is 1. The number of likely N-dealkylation sites (tertiary alicyclic amines) is 1. The summed E-state index contributed by atoms with van der Waals surface area (Å²) in [5.74, 6) is 0.773. The maximum atomic E-state index is 12.9. The molecular weight excluding hydrogens is 381 g/mol. The molecule has 0 spiro atoms. The van der Waals surface area contributed by atoms with Crippen molar-refractivity contribution in [3.8, 4) is 0 Å². The molecule has 1 fully saturated rings. The Kier molecular flexibility index (Phi) is 7.93. The van der Waals surface area contributed by atoms with Gasteiger partial charge in [0.25, 0.3) is 0 Å². The van der Waals surface area contributed by atoms with Crippen LogP contribution in [-0.4, -0.2) is 49.5 Å². The molecule has 1 saturated heterocycles. The van der Waals surface area contributed by atoms with E-state index in [-0.39, 0.29) is 23.8 Å². The van der Waals surface area contributed by atoms with Crippen LogP contribution in [0.3, 0.4) is 0 Å². The van der Waals surface area contributed by atoms with Gasteiger partial charge in [-0.1, -0.05) is 39.0 Å². The largest absolute Gasteiger partial charge is 0.416 e. The van der Waals surface area contributed by atoms with Gasteiger partial charge >= 0.3 is 6.18 Å². The van der Waals surface area contributed by atoms with Crippen LogP contribution in [0.2, 0.25) is 0 Å². The fourth-order valence-corrected chi connectivity index (χ4v) is 3.43. The van der Waals surface area contributed by atoms with Crippen molar-refractivity contribution < 1.29 is 18.0 Å². The lowest BCUT2D eigenvalue weighted by atomic mass is 9.96. The summed E-state index contributed by atoms with van der Waals surface area (Å²) in [6, 6.07) is 5.63. The molecule has 1 aliphatic rings. The molecule has 0 bridgehead atoms. The highest BCUT2D eigenvalue weighted by molar-refractivity contribution is 5.81. The number of nitrogens with zero attached hydrogens (tertiary/aromatic N) is 2. The fourth-order valence-electron chi connectivity index (χ4n) is 3.43. The van der Waals surface area contributed by atoms with Crippen molar-refractivity contribution in [1.29, 1.82) is 0 Å². The van der Waals surface area contributed by atoms with Crippen molar-refractivity contribution >= 4 is 11.9 Å². The summed E-state index contributed by atoms with van der Waals surface area (Å²) in [5, 5.41) is 6.55. The molecule has 2 N–H and O–H groups in total. The Bertz CT molecular complexity index is 718. The topological polar surface area (TPSA) is 56.7 Å². The maximum absolute atomic E-state index is 12.9. The number of hydrogen-bond donors (Lipinski definition) is 2. The zero-order valence-corrected chi connectivity index (χ0v) is 17.5. The summed E-state index contributed by atoms with van der Waals surface area (Å²) in [5.41, 5.74) is 0.0530. The van der Waals surface area contributed by atoms with Gasteiger partial charge in [-0.25, -0.2) is 0 Å². The zero-order chi connectivity index (χ0) is 21.6. The smallest absolute Gasteiger partial charge is 0.356 e. The standard InChI is InChI=1S/C21H31F3N4O/c1-14(2)19(29)28-11-9-18(13-28)27-20(25-4)26-10-8-15(3)16-6-5-7-17(12-16)21(22,23)24/h5-7,12,14-15,18H,8-11,13H2,1-4H3,(H2,25,26,27). The third kappa shape index (κ3) is 6.65. The van der Waals surface area contributed by atoms with Gasteiger partial charge in [0.2, 0.25) is 5.91 Å². The Labute approximate surface area is 170 Å². The summed E-state index contributed by atoms with van der Waals surface area (Å²) in [4.78, 5) is 18.2. The van der Waals surface area contributed by atoms with E-state index in [9.17, 15) is 18.0 Å². The van der Waals surface area contributed by atoms with Crippen molar-refractivity contribution in [3.63, 3.8) is 0 Å². The van der Waals surface area contributed by atoms with Gasteiger partial charge in [-0.05, 0) is 30.4 Å². The summed E-state index contributed by atoms with van der Waals surface area (Å²) in [6.07, 6.45) is -2.80. The minimum atomic E-state index is -4.33. The third-order valence-corrected chi connectivity index (χ3v) is 5.21. The summed E-state index contributed by atoms with van der Waals surface area (Å²) in [7, 11) is 1.68. The lowest BCUT2D eigenvalue weighted by molar-refractivity contribution is -0.137. The maximum Gasteiger partial charge on any atom is 0.416 e. The molecule has 5 nitrogen and oxygen atoms in total. The quantitative estimate of drug-likeness (QED) is 0.554. The number of alkyl halides is 3. The number of halogens is 3. The van der Waals surface area contributed by atoms with E-state index < -0.39 is 11.7 Å². The van der Waals surface area contributed by atoms with E-state index in [0.717, 1.165) is 19.0 Å². The average Bonchev–Trinajstić information content (AvgIpc) is 3.14. The van der Waals surface area contributed by atoms with E-state index >= 15 is 0 Å². The average molecular weight is 413 g/mol. The van der Waals surface area contributed by atoms with E-state index in [1.54, 1.807) is 13.1 Å². The van der Waals surface area contributed by atoms with Crippen LogP contribution in [0.25, 0.3) is 0 Å². The van der Waals surface area contributed by atoms with Crippen LogP contribution in [0, 0.1) is 5.92 Å². The SMILES string of the molecule is CN=C(NCCC(C)c1cccc(C(F)(F)F)c1)NC1CCN(C(=O)C(C)C)C1. The highest BCUT2D eigenvalue weighted by atomic mass is 19.4. The van der Waals surface area contributed by atoms with E-state index in [4.69, 9.17) is 0 Å². The Morgan fingerprint density at radius 2 is 2.03 bits per heavy atom. The van der Waals surface area contributed by atoms with Crippen LogP contribution in [0.1, 0.15) is 50.7 Å². The van der Waals surface area contributed by atoms with Crippen LogP contribution in [0.15, 0.2) is 29.3 Å². The third-order valence-electron chi connectivity index (χ3n) is 5.21. The van der Waals surface area contributed by atoms with Gasteiger partial charge in [-0.3, -0.25) is 9.79 Å². The van der Waals surface area contributed by atoms with Gasteiger partial charge in [0.15, 0.2) is 5.96 Å². The second kappa shape index (κ2) is 9.98. The van der Waals surface area contributed by atoms with Gasteiger partial charge in [-0.2, -0.15) is 13.2 Å². The normalized spacial score (nSPS) is 18.8. The summed E-state index contributed by atoms with van der Waals surface area (Å²) < 4.78 is 38.7. The van der Waals surface area contributed by atoms with Crippen molar-refractivity contribution in [3.05, 3.63) is 35.4 Å². The molecule has 8 heteroatoms. The molecule has 2 atom stereocenters. The first-order valence-electron chi connectivity index (χ1n) is 10.0. The molecule has 2 unspecified atom stereocenters. The van der Waals surface area contributed by atoms with Gasteiger partial charge in [0.1, 0.15) is 0 Å². The molecule has 2 rings (SSSR count). The molecule has 0 aromatic heterocycles. The number of benzene rings is 1. The number of rotatable bonds is 6. The monoisotopic (exact) mass is 412 g/mol.